The number of anilines is 1. The van der Waals surface area contributed by atoms with Crippen molar-refractivity contribution in [3.05, 3.63) is 53.6 Å². The Balaban J connectivity index is 1.69. The van der Waals surface area contributed by atoms with Gasteiger partial charge >= 0.3 is 0 Å². The number of thioether (sulfide) groups is 1. The second kappa shape index (κ2) is 11.8. The number of amides is 1. The Morgan fingerprint density at radius 3 is 2.59 bits per heavy atom. The summed E-state index contributed by atoms with van der Waals surface area (Å²) in [6.07, 6.45) is 6.32. The maximum absolute atomic E-state index is 12.7. The normalized spacial score (nSPS) is 16.6. The molecule has 0 radical (unpaired) electrons. The minimum Gasteiger partial charge on any atom is -0.497 e. The third-order valence-corrected chi connectivity index (χ3v) is 6.69. The van der Waals surface area contributed by atoms with Crippen molar-refractivity contribution in [1.29, 1.82) is 0 Å². The molecule has 0 aliphatic carbocycles. The highest BCUT2D eigenvalue weighted by Gasteiger charge is 2.18. The quantitative estimate of drug-likeness (QED) is 0.419. The van der Waals surface area contributed by atoms with Gasteiger partial charge in [-0.25, -0.2) is 0 Å². The van der Waals surface area contributed by atoms with E-state index >= 15 is 0 Å². The smallest absolute Gasteiger partial charge is 0.224 e. The molecule has 1 fully saturated rings. The molecule has 1 aliphatic rings. The molecule has 174 valence electrons. The van der Waals surface area contributed by atoms with Crippen LogP contribution in [-0.4, -0.2) is 25.7 Å². The zero-order valence-electron chi connectivity index (χ0n) is 19.9. The molecule has 1 saturated heterocycles. The second-order valence-electron chi connectivity index (χ2n) is 9.77. The summed E-state index contributed by atoms with van der Waals surface area (Å²) in [4.78, 5) is 13.8. The van der Waals surface area contributed by atoms with E-state index < -0.39 is 0 Å². The van der Waals surface area contributed by atoms with Gasteiger partial charge in [-0.1, -0.05) is 39.0 Å². The average molecular weight is 456 g/mol. The molecule has 5 heteroatoms. The Kier molecular flexibility index (Phi) is 9.06. The summed E-state index contributed by atoms with van der Waals surface area (Å²) in [5, 5.41) is 3.20. The van der Waals surface area contributed by atoms with E-state index in [1.165, 1.54) is 24.0 Å². The maximum Gasteiger partial charge on any atom is 0.224 e. The number of methoxy groups -OCH3 is 1. The lowest BCUT2D eigenvalue weighted by molar-refractivity contribution is -0.117. The van der Waals surface area contributed by atoms with Crippen LogP contribution in [0.4, 0.5) is 5.69 Å². The van der Waals surface area contributed by atoms with Gasteiger partial charge in [0.1, 0.15) is 5.75 Å². The van der Waals surface area contributed by atoms with Crippen LogP contribution in [0.2, 0.25) is 0 Å². The minimum absolute atomic E-state index is 0.0408. The van der Waals surface area contributed by atoms with Crippen LogP contribution >= 0.6 is 11.8 Å². The lowest BCUT2D eigenvalue weighted by atomic mass is 9.92. The Morgan fingerprint density at radius 2 is 1.94 bits per heavy atom. The summed E-state index contributed by atoms with van der Waals surface area (Å²) < 4.78 is 11.2. The van der Waals surface area contributed by atoms with Gasteiger partial charge in [0.05, 0.1) is 13.2 Å². The monoisotopic (exact) mass is 455 g/mol. The third kappa shape index (κ3) is 8.18. The van der Waals surface area contributed by atoms with Crippen LogP contribution in [0, 0.1) is 5.41 Å². The molecule has 1 amide bonds. The van der Waals surface area contributed by atoms with Crippen molar-refractivity contribution in [3.8, 4) is 5.75 Å². The number of rotatable bonds is 9. The molecule has 0 spiro atoms. The molecule has 3 rings (SSSR count). The van der Waals surface area contributed by atoms with E-state index in [2.05, 4.69) is 56.4 Å². The van der Waals surface area contributed by atoms with E-state index in [0.29, 0.717) is 12.5 Å². The van der Waals surface area contributed by atoms with Crippen molar-refractivity contribution in [2.75, 3.05) is 19.0 Å². The molecule has 4 nitrogen and oxygen atoms in total. The highest BCUT2D eigenvalue weighted by atomic mass is 32.2. The minimum atomic E-state index is -0.0408. The van der Waals surface area contributed by atoms with E-state index in [4.69, 9.17) is 9.47 Å². The highest BCUT2D eigenvalue weighted by Crippen LogP contribution is 2.30. The molecule has 2 aromatic rings. The standard InChI is InChI=1S/C27H37NO3S/c1-27(2,3)18-26(29)28-25-17-24(32-19-20-8-12-22(30-4)13-9-20)15-11-21(25)10-14-23-7-5-6-16-31-23/h8-9,11-13,15,17,23H,5-7,10,14,16,18-19H2,1-4H3,(H,28,29). The van der Waals surface area contributed by atoms with Crippen LogP contribution in [0.25, 0.3) is 0 Å². The van der Waals surface area contributed by atoms with Crippen molar-refractivity contribution in [3.63, 3.8) is 0 Å². The van der Waals surface area contributed by atoms with Gasteiger partial charge in [0.25, 0.3) is 0 Å². The lowest BCUT2D eigenvalue weighted by Crippen LogP contribution is -2.21. The number of carbonyl (C=O) groups excluding carboxylic acids is 1. The maximum atomic E-state index is 12.7. The Labute approximate surface area is 197 Å². The first-order valence-corrected chi connectivity index (χ1v) is 12.6. The number of hydrogen-bond donors (Lipinski definition) is 1. The number of benzene rings is 2. The van der Waals surface area contributed by atoms with E-state index in [0.717, 1.165) is 48.0 Å². The highest BCUT2D eigenvalue weighted by molar-refractivity contribution is 7.98. The molecule has 2 aromatic carbocycles. The zero-order valence-corrected chi connectivity index (χ0v) is 20.7. The van der Waals surface area contributed by atoms with E-state index in [1.54, 1.807) is 18.9 Å². The predicted molar refractivity (Wildman–Crippen MR) is 134 cm³/mol. The summed E-state index contributed by atoms with van der Waals surface area (Å²) in [6, 6.07) is 14.6. The largest absolute Gasteiger partial charge is 0.497 e. The fraction of sp³-hybridized carbons (Fsp3) is 0.519. The SMILES string of the molecule is COc1ccc(CSc2ccc(CCC3CCCCO3)c(NC(=O)CC(C)(C)C)c2)cc1. The molecule has 1 unspecified atom stereocenters. The van der Waals surface area contributed by atoms with Crippen LogP contribution in [0.1, 0.15) is 64.0 Å². The zero-order chi connectivity index (χ0) is 23.0. The summed E-state index contributed by atoms with van der Waals surface area (Å²) in [6.45, 7) is 7.15. The lowest BCUT2D eigenvalue weighted by Gasteiger charge is -2.23. The first-order chi connectivity index (χ1) is 15.3. The van der Waals surface area contributed by atoms with Crippen LogP contribution in [0.5, 0.6) is 5.75 Å². The summed E-state index contributed by atoms with van der Waals surface area (Å²) in [5.41, 5.74) is 3.33. The fourth-order valence-corrected chi connectivity index (χ4v) is 4.79. The van der Waals surface area contributed by atoms with Gasteiger partial charge < -0.3 is 14.8 Å². The number of ether oxygens (including phenoxy) is 2. The summed E-state index contributed by atoms with van der Waals surface area (Å²) >= 11 is 1.78. The van der Waals surface area contributed by atoms with Gasteiger partial charge in [-0.15, -0.1) is 11.8 Å². The molecule has 1 atom stereocenters. The Bertz CT molecular complexity index is 867. The van der Waals surface area contributed by atoms with Gasteiger partial charge in [-0.05, 0) is 72.9 Å². The van der Waals surface area contributed by atoms with Gasteiger partial charge in [0, 0.05) is 29.4 Å². The summed E-state index contributed by atoms with van der Waals surface area (Å²) in [7, 11) is 1.68. The van der Waals surface area contributed by atoms with Gasteiger partial charge in [0.15, 0.2) is 0 Å². The molecule has 0 saturated carbocycles. The summed E-state index contributed by atoms with van der Waals surface area (Å²) in [5.74, 6) is 1.81. The van der Waals surface area contributed by atoms with Crippen LogP contribution in [0.3, 0.4) is 0 Å². The van der Waals surface area contributed by atoms with Crippen molar-refractivity contribution in [2.45, 2.75) is 76.0 Å². The number of hydrogen-bond acceptors (Lipinski definition) is 4. The number of nitrogens with one attached hydrogen (secondary N) is 1. The molecular formula is C27H37NO3S. The molecule has 32 heavy (non-hydrogen) atoms. The Hall–Kier alpha value is -1.98. The van der Waals surface area contributed by atoms with Gasteiger partial charge in [-0.3, -0.25) is 4.79 Å². The average Bonchev–Trinajstić information content (AvgIpc) is 2.77. The van der Waals surface area contributed by atoms with Crippen molar-refractivity contribution < 1.29 is 14.3 Å². The van der Waals surface area contributed by atoms with Crippen molar-refractivity contribution >= 4 is 23.4 Å². The molecule has 0 aromatic heterocycles. The first-order valence-electron chi connectivity index (χ1n) is 11.6. The van der Waals surface area contributed by atoms with Crippen LogP contribution in [0.15, 0.2) is 47.4 Å². The molecule has 1 heterocycles. The van der Waals surface area contributed by atoms with Crippen LogP contribution in [-0.2, 0) is 21.7 Å². The van der Waals surface area contributed by atoms with E-state index in [1.807, 2.05) is 12.1 Å². The van der Waals surface area contributed by atoms with Crippen molar-refractivity contribution in [2.24, 2.45) is 5.41 Å². The predicted octanol–water partition coefficient (Wildman–Crippen LogP) is 6.86. The molecule has 1 N–H and O–H groups in total. The van der Waals surface area contributed by atoms with Gasteiger partial charge in [0.2, 0.25) is 5.91 Å². The van der Waals surface area contributed by atoms with E-state index in [-0.39, 0.29) is 11.3 Å². The third-order valence-electron chi connectivity index (χ3n) is 5.62. The molecular weight excluding hydrogens is 418 g/mol. The van der Waals surface area contributed by atoms with E-state index in [9.17, 15) is 4.79 Å². The topological polar surface area (TPSA) is 47.6 Å². The number of aryl methyl sites for hydroxylation is 1. The first kappa shape index (κ1) is 24.7. The van der Waals surface area contributed by atoms with Crippen molar-refractivity contribution in [1.82, 2.24) is 0 Å². The van der Waals surface area contributed by atoms with Gasteiger partial charge in [-0.2, -0.15) is 0 Å². The van der Waals surface area contributed by atoms with Crippen LogP contribution < -0.4 is 10.1 Å². The second-order valence-corrected chi connectivity index (χ2v) is 10.8. The fourth-order valence-electron chi connectivity index (χ4n) is 3.90. The Morgan fingerprint density at radius 1 is 1.16 bits per heavy atom. The molecule has 1 aliphatic heterocycles. The molecule has 0 bridgehead atoms. The number of carbonyl (C=O) groups is 1.